The molecule has 0 heterocycles. The van der Waals surface area contributed by atoms with Crippen LogP contribution >= 0.6 is 11.6 Å². The van der Waals surface area contributed by atoms with Crippen LogP contribution in [0.3, 0.4) is 0 Å². The van der Waals surface area contributed by atoms with Crippen LogP contribution in [0.1, 0.15) is 13.8 Å². The highest BCUT2D eigenvalue weighted by atomic mass is 35.5. The van der Waals surface area contributed by atoms with Gasteiger partial charge in [0.25, 0.3) is 0 Å². The smallest absolute Gasteiger partial charge is 0.0634 e. The van der Waals surface area contributed by atoms with Gasteiger partial charge in [-0.1, -0.05) is 25.4 Å². The van der Waals surface area contributed by atoms with Crippen LogP contribution in [-0.2, 0) is 10.8 Å². The molecule has 0 saturated heterocycles. The monoisotopic (exact) mass is 217 g/mol. The molecule has 2 N–H and O–H groups in total. The highest BCUT2D eigenvalue weighted by molar-refractivity contribution is 7.85. The summed E-state index contributed by atoms with van der Waals surface area (Å²) >= 11 is 5.78. The van der Waals surface area contributed by atoms with E-state index < -0.39 is 10.8 Å². The van der Waals surface area contributed by atoms with E-state index in [4.69, 9.17) is 17.3 Å². The van der Waals surface area contributed by atoms with Crippen LogP contribution in [0, 0.1) is 0 Å². The topological polar surface area (TPSA) is 43.1 Å². The summed E-state index contributed by atoms with van der Waals surface area (Å²) in [6.45, 7) is 3.77. The predicted molar refractivity (Wildman–Crippen MR) is 57.4 cm³/mol. The average molecular weight is 218 g/mol. The third kappa shape index (κ3) is 2.45. The Morgan fingerprint density at radius 1 is 1.46 bits per heavy atom. The molecule has 1 aromatic rings. The number of nitrogens with two attached hydrogens (primary N) is 1. The van der Waals surface area contributed by atoms with Crippen LogP contribution in [0.5, 0.6) is 0 Å². The lowest BCUT2D eigenvalue weighted by Crippen LogP contribution is -2.08. The first-order chi connectivity index (χ1) is 6.02. The summed E-state index contributed by atoms with van der Waals surface area (Å²) in [5.74, 6) is 0. The molecule has 0 fully saturated rings. The quantitative estimate of drug-likeness (QED) is 0.774. The third-order valence-corrected chi connectivity index (χ3v) is 3.50. The molecular weight excluding hydrogens is 206 g/mol. The molecule has 1 aromatic carbocycles. The lowest BCUT2D eigenvalue weighted by atomic mass is 10.3. The van der Waals surface area contributed by atoms with Crippen molar-refractivity contribution in [1.82, 2.24) is 0 Å². The molecule has 0 aliphatic carbocycles. The molecule has 1 atom stereocenters. The molecule has 1 rings (SSSR count). The molecule has 0 aliphatic heterocycles. The third-order valence-electron chi connectivity index (χ3n) is 1.62. The number of benzene rings is 1. The van der Waals surface area contributed by atoms with Crippen molar-refractivity contribution in [3.63, 3.8) is 0 Å². The fourth-order valence-corrected chi connectivity index (χ4v) is 2.22. The van der Waals surface area contributed by atoms with E-state index in [9.17, 15) is 4.21 Å². The van der Waals surface area contributed by atoms with E-state index in [0.29, 0.717) is 15.6 Å². The van der Waals surface area contributed by atoms with E-state index >= 15 is 0 Å². The average Bonchev–Trinajstić information content (AvgIpc) is 2.08. The van der Waals surface area contributed by atoms with E-state index in [1.807, 2.05) is 13.8 Å². The number of halogens is 1. The standard InChI is InChI=1S/C9H12ClNOS/c1-6(2)13(12)9-5-7(10)3-4-8(9)11/h3-6H,11H2,1-2H3. The van der Waals surface area contributed by atoms with Gasteiger partial charge >= 0.3 is 0 Å². The Kier molecular flexibility index (Phi) is 3.33. The zero-order chi connectivity index (χ0) is 10.0. The van der Waals surface area contributed by atoms with Gasteiger partial charge in [-0.25, -0.2) is 0 Å². The molecule has 0 saturated carbocycles. The van der Waals surface area contributed by atoms with Crippen LogP contribution in [0.15, 0.2) is 23.1 Å². The van der Waals surface area contributed by atoms with E-state index in [-0.39, 0.29) is 5.25 Å². The summed E-state index contributed by atoms with van der Waals surface area (Å²) < 4.78 is 11.7. The molecule has 1 unspecified atom stereocenters. The first kappa shape index (κ1) is 10.5. The second-order valence-corrected chi connectivity index (χ2v) is 5.44. The zero-order valence-corrected chi connectivity index (χ0v) is 9.15. The van der Waals surface area contributed by atoms with E-state index in [0.717, 1.165) is 0 Å². The highest BCUT2D eigenvalue weighted by Gasteiger charge is 2.11. The van der Waals surface area contributed by atoms with Gasteiger partial charge in [-0.2, -0.15) is 0 Å². The second kappa shape index (κ2) is 4.11. The van der Waals surface area contributed by atoms with Gasteiger partial charge in [0.2, 0.25) is 0 Å². The summed E-state index contributed by atoms with van der Waals surface area (Å²) in [7, 11) is -1.07. The maximum absolute atomic E-state index is 11.7. The van der Waals surface area contributed by atoms with Crippen molar-refractivity contribution in [3.8, 4) is 0 Å². The fraction of sp³-hybridized carbons (Fsp3) is 0.333. The van der Waals surface area contributed by atoms with Gasteiger partial charge in [-0.3, -0.25) is 4.21 Å². The highest BCUT2D eigenvalue weighted by Crippen LogP contribution is 2.22. The first-order valence-corrected chi connectivity index (χ1v) is 5.57. The number of anilines is 1. The Morgan fingerprint density at radius 2 is 2.08 bits per heavy atom. The van der Waals surface area contributed by atoms with Crippen molar-refractivity contribution in [2.24, 2.45) is 0 Å². The van der Waals surface area contributed by atoms with Gasteiger partial charge in [0.05, 0.1) is 15.7 Å². The number of hydrogen-bond acceptors (Lipinski definition) is 2. The minimum absolute atomic E-state index is 0.0563. The molecule has 0 aliphatic rings. The molecule has 0 bridgehead atoms. The van der Waals surface area contributed by atoms with Crippen LogP contribution in [0.25, 0.3) is 0 Å². The minimum Gasteiger partial charge on any atom is -0.398 e. The molecule has 0 radical (unpaired) electrons. The Hall–Kier alpha value is -0.540. The fourth-order valence-electron chi connectivity index (χ4n) is 0.936. The maximum atomic E-state index is 11.7. The van der Waals surface area contributed by atoms with Gasteiger partial charge in [-0.15, -0.1) is 0 Å². The second-order valence-electron chi connectivity index (χ2n) is 3.03. The minimum atomic E-state index is -1.07. The van der Waals surface area contributed by atoms with Crippen molar-refractivity contribution in [3.05, 3.63) is 23.2 Å². The number of hydrogen-bond donors (Lipinski definition) is 1. The summed E-state index contributed by atoms with van der Waals surface area (Å²) in [4.78, 5) is 0.627. The Morgan fingerprint density at radius 3 is 2.62 bits per heavy atom. The Labute approximate surface area is 85.5 Å². The molecule has 13 heavy (non-hydrogen) atoms. The Bertz CT molecular complexity index is 338. The van der Waals surface area contributed by atoms with Crippen LogP contribution < -0.4 is 5.73 Å². The summed E-state index contributed by atoms with van der Waals surface area (Å²) in [6, 6.07) is 5.03. The Balaban J connectivity index is 3.13. The largest absolute Gasteiger partial charge is 0.398 e. The first-order valence-electron chi connectivity index (χ1n) is 3.98. The lowest BCUT2D eigenvalue weighted by Gasteiger charge is -2.08. The van der Waals surface area contributed by atoms with E-state index in [1.54, 1.807) is 18.2 Å². The SMILES string of the molecule is CC(C)S(=O)c1cc(Cl)ccc1N. The van der Waals surface area contributed by atoms with Crippen molar-refractivity contribution in [1.29, 1.82) is 0 Å². The molecule has 0 spiro atoms. The molecule has 2 nitrogen and oxygen atoms in total. The van der Waals surface area contributed by atoms with Crippen molar-refractivity contribution < 1.29 is 4.21 Å². The van der Waals surface area contributed by atoms with E-state index in [1.165, 1.54) is 0 Å². The van der Waals surface area contributed by atoms with Gasteiger partial charge in [-0.05, 0) is 18.2 Å². The van der Waals surface area contributed by atoms with Gasteiger partial charge in [0.15, 0.2) is 0 Å². The van der Waals surface area contributed by atoms with Crippen LogP contribution in [0.4, 0.5) is 5.69 Å². The normalized spacial score (nSPS) is 13.2. The van der Waals surface area contributed by atoms with Crippen LogP contribution in [0.2, 0.25) is 5.02 Å². The summed E-state index contributed by atoms with van der Waals surface area (Å²) in [5.41, 5.74) is 6.21. The number of nitrogen functional groups attached to an aromatic ring is 1. The van der Waals surface area contributed by atoms with Crippen molar-refractivity contribution in [2.75, 3.05) is 5.73 Å². The summed E-state index contributed by atoms with van der Waals surface area (Å²) in [5, 5.41) is 0.624. The zero-order valence-electron chi connectivity index (χ0n) is 7.58. The molecule has 72 valence electrons. The van der Waals surface area contributed by atoms with Crippen molar-refractivity contribution >= 4 is 28.1 Å². The maximum Gasteiger partial charge on any atom is 0.0634 e. The molecule has 0 amide bonds. The van der Waals surface area contributed by atoms with Gasteiger partial charge in [0, 0.05) is 16.0 Å². The predicted octanol–water partition coefficient (Wildman–Crippen LogP) is 2.44. The van der Waals surface area contributed by atoms with Gasteiger partial charge < -0.3 is 5.73 Å². The van der Waals surface area contributed by atoms with Crippen molar-refractivity contribution in [2.45, 2.75) is 24.0 Å². The van der Waals surface area contributed by atoms with Gasteiger partial charge in [0.1, 0.15) is 0 Å². The van der Waals surface area contributed by atoms with E-state index in [2.05, 4.69) is 0 Å². The molecule has 4 heteroatoms. The summed E-state index contributed by atoms with van der Waals surface area (Å²) in [6.07, 6.45) is 0. The number of rotatable bonds is 2. The molecular formula is C9H12ClNOS. The van der Waals surface area contributed by atoms with Crippen LogP contribution in [-0.4, -0.2) is 9.46 Å². The molecule has 0 aromatic heterocycles. The lowest BCUT2D eigenvalue weighted by molar-refractivity contribution is 0.677.